The molecule has 2 fully saturated rings. The fraction of sp³-hybridized carbons (Fsp3) is 1.00. The molecule has 0 aromatic carbocycles. The van der Waals surface area contributed by atoms with Crippen molar-refractivity contribution >= 4 is 0 Å². The van der Waals surface area contributed by atoms with Crippen LogP contribution in [-0.2, 0) is 9.47 Å². The van der Waals surface area contributed by atoms with Gasteiger partial charge in [-0.1, -0.05) is 0 Å². The average molecular weight is 157 g/mol. The van der Waals surface area contributed by atoms with E-state index in [0.717, 1.165) is 19.6 Å². The van der Waals surface area contributed by atoms with Crippen LogP contribution in [0.5, 0.6) is 0 Å². The molecule has 0 aromatic heterocycles. The maximum atomic E-state index is 5.66. The van der Waals surface area contributed by atoms with Crippen molar-refractivity contribution in [1.82, 2.24) is 5.32 Å². The molecule has 64 valence electrons. The zero-order valence-corrected chi connectivity index (χ0v) is 6.93. The summed E-state index contributed by atoms with van der Waals surface area (Å²) in [5, 5.41) is 3.28. The molecule has 2 atom stereocenters. The van der Waals surface area contributed by atoms with Crippen LogP contribution >= 0.6 is 0 Å². The Morgan fingerprint density at radius 1 is 1.45 bits per heavy atom. The molecule has 0 radical (unpaired) electrons. The molecule has 0 unspecified atom stereocenters. The SMILES string of the molecule is C[C@H]1CO[C@]2(CCCCN2)O1. The molecule has 0 bridgehead atoms. The highest BCUT2D eigenvalue weighted by atomic mass is 16.8. The fourth-order valence-electron chi connectivity index (χ4n) is 1.72. The Hall–Kier alpha value is -0.120. The second-order valence-electron chi connectivity index (χ2n) is 3.38. The third-order valence-electron chi connectivity index (χ3n) is 2.27. The van der Waals surface area contributed by atoms with Gasteiger partial charge in [0.15, 0.2) is 0 Å². The van der Waals surface area contributed by atoms with Crippen molar-refractivity contribution in [3.63, 3.8) is 0 Å². The van der Waals surface area contributed by atoms with Crippen LogP contribution < -0.4 is 5.32 Å². The molecular weight excluding hydrogens is 142 g/mol. The molecule has 0 aromatic rings. The van der Waals surface area contributed by atoms with Gasteiger partial charge >= 0.3 is 0 Å². The molecule has 1 N–H and O–H groups in total. The summed E-state index contributed by atoms with van der Waals surface area (Å²) in [7, 11) is 0. The van der Waals surface area contributed by atoms with E-state index in [1.165, 1.54) is 12.8 Å². The molecule has 0 amide bonds. The van der Waals surface area contributed by atoms with E-state index >= 15 is 0 Å². The van der Waals surface area contributed by atoms with Gasteiger partial charge in [0.1, 0.15) is 0 Å². The number of hydrogen-bond donors (Lipinski definition) is 1. The molecule has 1 spiro atoms. The van der Waals surface area contributed by atoms with Crippen molar-refractivity contribution in [2.45, 2.75) is 38.2 Å². The minimum absolute atomic E-state index is 0.251. The number of nitrogens with one attached hydrogen (secondary N) is 1. The Labute approximate surface area is 67.1 Å². The Bertz CT molecular complexity index is 138. The first-order valence-corrected chi connectivity index (χ1v) is 4.38. The summed E-state index contributed by atoms with van der Waals surface area (Å²) in [5.74, 6) is -0.405. The average Bonchev–Trinajstić information content (AvgIpc) is 2.34. The maximum absolute atomic E-state index is 5.66. The Morgan fingerprint density at radius 2 is 2.36 bits per heavy atom. The number of piperidine rings is 1. The predicted molar refractivity (Wildman–Crippen MR) is 41.1 cm³/mol. The van der Waals surface area contributed by atoms with E-state index in [4.69, 9.17) is 9.47 Å². The molecule has 2 aliphatic rings. The molecule has 11 heavy (non-hydrogen) atoms. The first kappa shape index (κ1) is 7.53. The van der Waals surface area contributed by atoms with E-state index < -0.39 is 5.91 Å². The summed E-state index contributed by atoms with van der Waals surface area (Å²) in [6.07, 6.45) is 3.69. The Kier molecular flexibility index (Phi) is 1.87. The molecule has 3 nitrogen and oxygen atoms in total. The zero-order chi connectivity index (χ0) is 7.73. The molecule has 2 aliphatic heterocycles. The summed E-state index contributed by atoms with van der Waals surface area (Å²) in [5.41, 5.74) is 0. The van der Waals surface area contributed by atoms with E-state index in [1.54, 1.807) is 0 Å². The Balaban J connectivity index is 1.98. The van der Waals surface area contributed by atoms with Crippen LogP contribution in [0.2, 0.25) is 0 Å². The fourth-order valence-corrected chi connectivity index (χ4v) is 1.72. The summed E-state index contributed by atoms with van der Waals surface area (Å²) in [6, 6.07) is 0. The van der Waals surface area contributed by atoms with E-state index in [0.29, 0.717) is 0 Å². The van der Waals surface area contributed by atoms with Crippen molar-refractivity contribution in [2.24, 2.45) is 0 Å². The van der Waals surface area contributed by atoms with Crippen LogP contribution in [0.4, 0.5) is 0 Å². The first-order chi connectivity index (χ1) is 5.31. The van der Waals surface area contributed by atoms with E-state index in [2.05, 4.69) is 5.32 Å². The lowest BCUT2D eigenvalue weighted by Gasteiger charge is -2.32. The minimum Gasteiger partial charge on any atom is -0.335 e. The molecular formula is C8H15NO2. The standard InChI is InChI=1S/C8H15NO2/c1-7-6-10-8(11-7)4-2-3-5-9-8/h7,9H,2-6H2,1H3/t7-,8+/m0/s1. The normalized spacial score (nSPS) is 45.0. The van der Waals surface area contributed by atoms with Crippen molar-refractivity contribution in [2.75, 3.05) is 13.2 Å². The Morgan fingerprint density at radius 3 is 2.91 bits per heavy atom. The smallest absolute Gasteiger partial charge is 0.227 e. The van der Waals surface area contributed by atoms with E-state index in [9.17, 15) is 0 Å². The molecule has 2 saturated heterocycles. The maximum Gasteiger partial charge on any atom is 0.227 e. The molecule has 0 aliphatic carbocycles. The van der Waals surface area contributed by atoms with Gasteiger partial charge in [-0.05, 0) is 19.8 Å². The van der Waals surface area contributed by atoms with Gasteiger partial charge in [-0.3, -0.25) is 5.32 Å². The van der Waals surface area contributed by atoms with E-state index in [1.807, 2.05) is 6.92 Å². The van der Waals surface area contributed by atoms with Gasteiger partial charge in [0.25, 0.3) is 0 Å². The second kappa shape index (κ2) is 2.73. The van der Waals surface area contributed by atoms with Crippen LogP contribution in [0.25, 0.3) is 0 Å². The van der Waals surface area contributed by atoms with Crippen LogP contribution in [0.15, 0.2) is 0 Å². The lowest BCUT2D eigenvalue weighted by atomic mass is 10.1. The predicted octanol–water partition coefficient (Wildman–Crippen LogP) is 0.849. The van der Waals surface area contributed by atoms with Crippen LogP contribution in [0, 0.1) is 0 Å². The monoisotopic (exact) mass is 157 g/mol. The number of ether oxygens (including phenoxy) is 2. The molecule has 2 heterocycles. The van der Waals surface area contributed by atoms with Gasteiger partial charge in [0.2, 0.25) is 5.91 Å². The van der Waals surface area contributed by atoms with Crippen LogP contribution in [-0.4, -0.2) is 25.2 Å². The number of rotatable bonds is 0. The summed E-state index contributed by atoms with van der Waals surface area (Å²) < 4.78 is 11.2. The van der Waals surface area contributed by atoms with Gasteiger partial charge < -0.3 is 9.47 Å². The van der Waals surface area contributed by atoms with Gasteiger partial charge in [-0.15, -0.1) is 0 Å². The highest BCUT2D eigenvalue weighted by Crippen LogP contribution is 2.28. The largest absolute Gasteiger partial charge is 0.335 e. The van der Waals surface area contributed by atoms with Crippen molar-refractivity contribution in [3.8, 4) is 0 Å². The van der Waals surface area contributed by atoms with Crippen LogP contribution in [0.1, 0.15) is 26.2 Å². The number of hydrogen-bond acceptors (Lipinski definition) is 3. The summed E-state index contributed by atoms with van der Waals surface area (Å²) >= 11 is 0. The molecule has 3 heteroatoms. The van der Waals surface area contributed by atoms with Gasteiger partial charge in [0, 0.05) is 13.0 Å². The third kappa shape index (κ3) is 1.41. The minimum atomic E-state index is -0.405. The highest BCUT2D eigenvalue weighted by Gasteiger charge is 2.40. The summed E-state index contributed by atoms with van der Waals surface area (Å²) in [4.78, 5) is 0. The third-order valence-corrected chi connectivity index (χ3v) is 2.27. The lowest BCUT2D eigenvalue weighted by molar-refractivity contribution is -0.202. The molecule has 0 saturated carbocycles. The van der Waals surface area contributed by atoms with Gasteiger partial charge in [-0.2, -0.15) is 0 Å². The second-order valence-corrected chi connectivity index (χ2v) is 3.38. The van der Waals surface area contributed by atoms with Gasteiger partial charge in [0.05, 0.1) is 12.7 Å². The van der Waals surface area contributed by atoms with E-state index in [-0.39, 0.29) is 6.10 Å². The summed E-state index contributed by atoms with van der Waals surface area (Å²) in [6.45, 7) is 3.80. The van der Waals surface area contributed by atoms with Crippen molar-refractivity contribution in [3.05, 3.63) is 0 Å². The van der Waals surface area contributed by atoms with Gasteiger partial charge in [-0.25, -0.2) is 0 Å². The van der Waals surface area contributed by atoms with Crippen molar-refractivity contribution in [1.29, 1.82) is 0 Å². The quantitative estimate of drug-likeness (QED) is 0.565. The first-order valence-electron chi connectivity index (χ1n) is 4.38. The highest BCUT2D eigenvalue weighted by molar-refractivity contribution is 4.78. The lowest BCUT2D eigenvalue weighted by Crippen LogP contribution is -2.49. The van der Waals surface area contributed by atoms with Crippen molar-refractivity contribution < 1.29 is 9.47 Å². The molecule has 2 rings (SSSR count). The van der Waals surface area contributed by atoms with Crippen LogP contribution in [0.3, 0.4) is 0 Å². The topological polar surface area (TPSA) is 30.5 Å². The zero-order valence-electron chi connectivity index (χ0n) is 6.93.